The van der Waals surface area contributed by atoms with E-state index in [1.165, 1.54) is 18.2 Å². The lowest BCUT2D eigenvalue weighted by Gasteiger charge is -2.14. The van der Waals surface area contributed by atoms with Crippen LogP contribution in [0.2, 0.25) is 15.1 Å². The Balaban J connectivity index is 2.31. The third-order valence-electron chi connectivity index (χ3n) is 2.75. The first-order valence-corrected chi connectivity index (χ1v) is 6.68. The van der Waals surface area contributed by atoms with Gasteiger partial charge in [0.1, 0.15) is 5.82 Å². The van der Waals surface area contributed by atoms with E-state index in [1.807, 2.05) is 0 Å². The van der Waals surface area contributed by atoms with Crippen LogP contribution in [0.25, 0.3) is 0 Å². The smallest absolute Gasteiger partial charge is 0.130 e. The lowest BCUT2D eigenvalue weighted by atomic mass is 10.0. The van der Waals surface area contributed by atoms with Gasteiger partial charge in [0.25, 0.3) is 0 Å². The first kappa shape index (κ1) is 14.6. The van der Waals surface area contributed by atoms with Crippen molar-refractivity contribution in [3.8, 4) is 0 Å². The SMILES string of the molecule is OC(Cc1cc(Cl)ccc1Cl)c1c(F)cccc1Cl. The molecule has 2 aromatic carbocycles. The predicted molar refractivity (Wildman–Crippen MR) is 76.5 cm³/mol. The summed E-state index contributed by atoms with van der Waals surface area (Å²) >= 11 is 17.8. The van der Waals surface area contributed by atoms with Crippen molar-refractivity contribution >= 4 is 34.8 Å². The van der Waals surface area contributed by atoms with Gasteiger partial charge in [0.2, 0.25) is 0 Å². The van der Waals surface area contributed by atoms with E-state index >= 15 is 0 Å². The molecule has 0 saturated carbocycles. The molecule has 0 fully saturated rings. The molecule has 100 valence electrons. The maximum Gasteiger partial charge on any atom is 0.130 e. The highest BCUT2D eigenvalue weighted by molar-refractivity contribution is 6.33. The quantitative estimate of drug-likeness (QED) is 0.838. The van der Waals surface area contributed by atoms with Gasteiger partial charge in [-0.2, -0.15) is 0 Å². The minimum Gasteiger partial charge on any atom is -0.388 e. The third-order valence-corrected chi connectivity index (χ3v) is 3.69. The Morgan fingerprint density at radius 3 is 2.47 bits per heavy atom. The number of hydrogen-bond donors (Lipinski definition) is 1. The van der Waals surface area contributed by atoms with Gasteiger partial charge in [0, 0.05) is 27.1 Å². The summed E-state index contributed by atoms with van der Waals surface area (Å²) in [6.07, 6.45) is -0.940. The van der Waals surface area contributed by atoms with E-state index in [0.29, 0.717) is 15.6 Å². The second kappa shape index (κ2) is 6.10. The zero-order valence-electron chi connectivity index (χ0n) is 9.71. The molecular formula is C14H10Cl3FO. The molecule has 1 unspecified atom stereocenters. The van der Waals surface area contributed by atoms with Crippen molar-refractivity contribution in [3.05, 3.63) is 68.4 Å². The van der Waals surface area contributed by atoms with Gasteiger partial charge < -0.3 is 5.11 Å². The topological polar surface area (TPSA) is 20.2 Å². The summed E-state index contributed by atoms with van der Waals surface area (Å²) in [5, 5.41) is 11.3. The molecule has 0 bridgehead atoms. The van der Waals surface area contributed by atoms with Gasteiger partial charge in [-0.3, -0.25) is 0 Å². The normalized spacial score (nSPS) is 12.5. The van der Waals surface area contributed by atoms with E-state index < -0.39 is 11.9 Å². The lowest BCUT2D eigenvalue weighted by molar-refractivity contribution is 0.174. The number of hydrogen-bond acceptors (Lipinski definition) is 1. The van der Waals surface area contributed by atoms with Crippen LogP contribution in [0.15, 0.2) is 36.4 Å². The van der Waals surface area contributed by atoms with E-state index in [1.54, 1.807) is 18.2 Å². The van der Waals surface area contributed by atoms with Crippen LogP contribution in [-0.2, 0) is 6.42 Å². The van der Waals surface area contributed by atoms with Gasteiger partial charge in [-0.25, -0.2) is 4.39 Å². The third kappa shape index (κ3) is 3.40. The molecule has 0 aliphatic rings. The van der Waals surface area contributed by atoms with Crippen LogP contribution < -0.4 is 0 Å². The monoisotopic (exact) mass is 318 g/mol. The summed E-state index contributed by atoms with van der Waals surface area (Å²) < 4.78 is 13.7. The van der Waals surface area contributed by atoms with Gasteiger partial charge >= 0.3 is 0 Å². The zero-order chi connectivity index (χ0) is 14.0. The van der Waals surface area contributed by atoms with Crippen LogP contribution in [-0.4, -0.2) is 5.11 Å². The fourth-order valence-electron chi connectivity index (χ4n) is 1.84. The molecule has 0 aliphatic carbocycles. The number of rotatable bonds is 3. The highest BCUT2D eigenvalue weighted by Crippen LogP contribution is 2.31. The van der Waals surface area contributed by atoms with Crippen LogP contribution >= 0.6 is 34.8 Å². The molecule has 19 heavy (non-hydrogen) atoms. The van der Waals surface area contributed by atoms with Crippen molar-refractivity contribution in [1.29, 1.82) is 0 Å². The molecule has 1 N–H and O–H groups in total. The van der Waals surface area contributed by atoms with Gasteiger partial charge in [-0.1, -0.05) is 40.9 Å². The Kier molecular flexibility index (Phi) is 4.69. The van der Waals surface area contributed by atoms with Crippen molar-refractivity contribution in [1.82, 2.24) is 0 Å². The Labute approximate surface area is 125 Å². The fourth-order valence-corrected chi connectivity index (χ4v) is 2.52. The van der Waals surface area contributed by atoms with E-state index in [0.717, 1.165) is 0 Å². The minimum atomic E-state index is -1.08. The first-order chi connectivity index (χ1) is 8.99. The molecular weight excluding hydrogens is 310 g/mol. The molecule has 5 heteroatoms. The van der Waals surface area contributed by atoms with Crippen LogP contribution in [0, 0.1) is 5.82 Å². The highest BCUT2D eigenvalue weighted by atomic mass is 35.5. The minimum absolute atomic E-state index is 0.0696. The molecule has 2 aromatic rings. The Morgan fingerprint density at radius 2 is 1.79 bits per heavy atom. The maximum absolute atomic E-state index is 13.7. The standard InChI is InChI=1S/C14H10Cl3FO/c15-9-4-5-10(16)8(6-9)7-13(19)14-11(17)2-1-3-12(14)18/h1-6,13,19H,7H2. The number of benzene rings is 2. The molecule has 0 spiro atoms. The molecule has 0 saturated heterocycles. The van der Waals surface area contributed by atoms with Crippen LogP contribution in [0.3, 0.4) is 0 Å². The molecule has 2 rings (SSSR count). The van der Waals surface area contributed by atoms with Crippen molar-refractivity contribution < 1.29 is 9.50 Å². The molecule has 0 amide bonds. The predicted octanol–water partition coefficient (Wildman–Crippen LogP) is 5.06. The summed E-state index contributed by atoms with van der Waals surface area (Å²) in [7, 11) is 0. The van der Waals surface area contributed by atoms with Crippen LogP contribution in [0.1, 0.15) is 17.2 Å². The van der Waals surface area contributed by atoms with Gasteiger partial charge in [0.05, 0.1) is 6.10 Å². The second-order valence-corrected chi connectivity index (χ2v) is 5.34. The Hall–Kier alpha value is -0.800. The van der Waals surface area contributed by atoms with Crippen LogP contribution in [0.4, 0.5) is 4.39 Å². The summed E-state index contributed by atoms with van der Waals surface area (Å²) in [5.41, 5.74) is 0.709. The fraction of sp³-hybridized carbons (Fsp3) is 0.143. The van der Waals surface area contributed by atoms with Crippen LogP contribution in [0.5, 0.6) is 0 Å². The maximum atomic E-state index is 13.7. The van der Waals surface area contributed by atoms with Crippen molar-refractivity contribution in [2.75, 3.05) is 0 Å². The van der Waals surface area contributed by atoms with E-state index in [9.17, 15) is 9.50 Å². The zero-order valence-corrected chi connectivity index (χ0v) is 12.0. The molecule has 0 radical (unpaired) electrons. The summed E-state index contributed by atoms with van der Waals surface area (Å²) in [6.45, 7) is 0. The largest absolute Gasteiger partial charge is 0.388 e. The van der Waals surface area contributed by atoms with Crippen molar-refractivity contribution in [2.45, 2.75) is 12.5 Å². The Morgan fingerprint density at radius 1 is 1.05 bits per heavy atom. The molecule has 1 atom stereocenters. The molecule has 1 nitrogen and oxygen atoms in total. The van der Waals surface area contributed by atoms with Gasteiger partial charge in [-0.15, -0.1) is 0 Å². The lowest BCUT2D eigenvalue weighted by Crippen LogP contribution is -2.05. The first-order valence-electron chi connectivity index (χ1n) is 5.55. The van der Waals surface area contributed by atoms with E-state index in [4.69, 9.17) is 34.8 Å². The van der Waals surface area contributed by atoms with E-state index in [2.05, 4.69) is 0 Å². The molecule has 0 heterocycles. The van der Waals surface area contributed by atoms with Crippen molar-refractivity contribution in [2.24, 2.45) is 0 Å². The average Bonchev–Trinajstić information content (AvgIpc) is 2.33. The highest BCUT2D eigenvalue weighted by Gasteiger charge is 2.18. The van der Waals surface area contributed by atoms with Gasteiger partial charge in [-0.05, 0) is 35.9 Å². The Bertz CT molecular complexity index is 581. The van der Waals surface area contributed by atoms with Gasteiger partial charge in [0.15, 0.2) is 0 Å². The molecule has 0 aliphatic heterocycles. The van der Waals surface area contributed by atoms with Crippen molar-refractivity contribution in [3.63, 3.8) is 0 Å². The summed E-state index contributed by atoms with van der Waals surface area (Å²) in [5.74, 6) is -0.543. The summed E-state index contributed by atoms with van der Waals surface area (Å²) in [4.78, 5) is 0. The van der Waals surface area contributed by atoms with E-state index in [-0.39, 0.29) is 17.0 Å². The number of halogens is 4. The molecule has 0 aromatic heterocycles. The number of aliphatic hydroxyl groups is 1. The average molecular weight is 320 g/mol. The second-order valence-electron chi connectivity index (χ2n) is 4.09. The summed E-state index contributed by atoms with van der Waals surface area (Å²) in [6, 6.07) is 9.19. The number of aliphatic hydroxyl groups excluding tert-OH is 1.